The van der Waals surface area contributed by atoms with E-state index in [-0.39, 0.29) is 13.2 Å². The molecule has 3 nitrogen and oxygen atoms in total. The third-order valence-electron chi connectivity index (χ3n) is 5.70. The van der Waals surface area contributed by atoms with E-state index in [4.69, 9.17) is 32.2 Å². The zero-order chi connectivity index (χ0) is 23.9. The number of halogens is 2. The highest BCUT2D eigenvalue weighted by Crippen LogP contribution is 2.43. The lowest BCUT2D eigenvalue weighted by molar-refractivity contribution is 0.203. The summed E-state index contributed by atoms with van der Waals surface area (Å²) >= 11 is 14.2. The Morgan fingerprint density at radius 2 is 0.735 bits per heavy atom. The van der Waals surface area contributed by atoms with Gasteiger partial charge in [0.15, 0.2) is 0 Å². The number of alkyl halides is 2. The lowest BCUT2D eigenvalue weighted by Crippen LogP contribution is -2.27. The van der Waals surface area contributed by atoms with E-state index in [9.17, 15) is 4.57 Å². The summed E-state index contributed by atoms with van der Waals surface area (Å²) in [5.74, 6) is 0. The predicted molar refractivity (Wildman–Crippen MR) is 140 cm³/mol. The van der Waals surface area contributed by atoms with Crippen LogP contribution in [0, 0.1) is 0 Å². The number of hydrogen-bond donors (Lipinski definition) is 0. The van der Waals surface area contributed by atoms with Gasteiger partial charge in [-0.15, -0.1) is 23.2 Å². The number of rotatable bonds is 10. The molecule has 4 rings (SSSR count). The van der Waals surface area contributed by atoms with Crippen molar-refractivity contribution in [1.29, 1.82) is 0 Å². The SMILES string of the molecule is O=[PH](OCC(Cl)(c1ccccc1)c1ccccc1)OCC(Cl)(c1ccccc1)c1ccccc1. The van der Waals surface area contributed by atoms with Gasteiger partial charge in [-0.05, 0) is 22.3 Å². The van der Waals surface area contributed by atoms with Crippen molar-refractivity contribution in [3.8, 4) is 0 Å². The van der Waals surface area contributed by atoms with Gasteiger partial charge in [-0.25, -0.2) is 0 Å². The van der Waals surface area contributed by atoms with Gasteiger partial charge in [-0.2, -0.15) is 0 Å². The lowest BCUT2D eigenvalue weighted by atomic mass is 9.91. The Labute approximate surface area is 211 Å². The Kier molecular flexibility index (Phi) is 8.26. The molecule has 34 heavy (non-hydrogen) atoms. The molecular formula is C28H25Cl2O3P. The standard InChI is InChI=1S/C28H25Cl2O3P/c29-27(23-13-5-1-6-14-23,24-15-7-2-8-16-24)21-32-34(31)33-22-28(30,25-17-9-3-10-18-25)26-19-11-4-12-20-26/h1-20,34H,21-22H2. The van der Waals surface area contributed by atoms with E-state index in [1.54, 1.807) is 0 Å². The highest BCUT2D eigenvalue weighted by atomic mass is 35.5. The first kappa shape index (κ1) is 24.7. The molecule has 0 bridgehead atoms. The molecule has 0 aliphatic carbocycles. The summed E-state index contributed by atoms with van der Waals surface area (Å²) in [6.07, 6.45) is 0. The quantitative estimate of drug-likeness (QED) is 0.161. The molecule has 0 N–H and O–H groups in total. The van der Waals surface area contributed by atoms with Gasteiger partial charge in [0, 0.05) is 0 Å². The van der Waals surface area contributed by atoms with Crippen molar-refractivity contribution >= 4 is 31.5 Å². The van der Waals surface area contributed by atoms with Gasteiger partial charge in [0.1, 0.15) is 9.75 Å². The normalized spacial score (nSPS) is 12.1. The molecule has 0 atom stereocenters. The van der Waals surface area contributed by atoms with Gasteiger partial charge in [0.2, 0.25) is 0 Å². The summed E-state index contributed by atoms with van der Waals surface area (Å²) < 4.78 is 24.3. The molecule has 0 heterocycles. The second-order valence-corrected chi connectivity index (χ2v) is 10.3. The maximum Gasteiger partial charge on any atom is 0.319 e. The fraction of sp³-hybridized carbons (Fsp3) is 0.143. The Bertz CT molecular complexity index is 1020. The van der Waals surface area contributed by atoms with E-state index in [2.05, 4.69) is 0 Å². The van der Waals surface area contributed by atoms with Crippen molar-refractivity contribution in [3.05, 3.63) is 144 Å². The van der Waals surface area contributed by atoms with Crippen LogP contribution in [0.1, 0.15) is 22.3 Å². The molecule has 0 aromatic heterocycles. The van der Waals surface area contributed by atoms with Crippen molar-refractivity contribution in [3.63, 3.8) is 0 Å². The fourth-order valence-corrected chi connectivity index (χ4v) is 5.38. The smallest absolute Gasteiger partial charge is 0.308 e. The van der Waals surface area contributed by atoms with Crippen LogP contribution in [0.2, 0.25) is 0 Å². The summed E-state index contributed by atoms with van der Waals surface area (Å²) in [5.41, 5.74) is 3.38. The molecule has 0 saturated carbocycles. The molecule has 0 aliphatic heterocycles. The third-order valence-corrected chi connectivity index (χ3v) is 7.55. The van der Waals surface area contributed by atoms with Crippen LogP contribution in [-0.2, 0) is 23.4 Å². The second kappa shape index (κ2) is 11.4. The Balaban J connectivity index is 1.51. The summed E-state index contributed by atoms with van der Waals surface area (Å²) in [7, 11) is -2.90. The minimum atomic E-state index is -2.90. The van der Waals surface area contributed by atoms with Gasteiger partial charge in [0.05, 0.1) is 13.2 Å². The van der Waals surface area contributed by atoms with Crippen molar-refractivity contribution in [2.75, 3.05) is 13.2 Å². The highest BCUT2D eigenvalue weighted by Gasteiger charge is 2.35. The third kappa shape index (κ3) is 5.63. The number of hydrogen-bond acceptors (Lipinski definition) is 3. The Hall–Kier alpha value is -2.39. The molecule has 0 fully saturated rings. The minimum Gasteiger partial charge on any atom is -0.308 e. The van der Waals surface area contributed by atoms with Crippen molar-refractivity contribution in [2.24, 2.45) is 0 Å². The topological polar surface area (TPSA) is 35.5 Å². The van der Waals surface area contributed by atoms with Crippen LogP contribution >= 0.6 is 31.5 Å². The van der Waals surface area contributed by atoms with Gasteiger partial charge in [0.25, 0.3) is 0 Å². The first-order valence-electron chi connectivity index (χ1n) is 10.9. The number of benzene rings is 4. The minimum absolute atomic E-state index is 0.0215. The van der Waals surface area contributed by atoms with Crippen LogP contribution in [-0.4, -0.2) is 13.2 Å². The molecule has 0 spiro atoms. The Morgan fingerprint density at radius 1 is 0.500 bits per heavy atom. The van der Waals surface area contributed by atoms with Crippen LogP contribution in [0.3, 0.4) is 0 Å². The second-order valence-electron chi connectivity index (χ2n) is 7.89. The largest absolute Gasteiger partial charge is 0.319 e. The lowest BCUT2D eigenvalue weighted by Gasteiger charge is -2.29. The molecule has 0 amide bonds. The highest BCUT2D eigenvalue weighted by molar-refractivity contribution is 7.33. The zero-order valence-electron chi connectivity index (χ0n) is 18.4. The predicted octanol–water partition coefficient (Wildman–Crippen LogP) is 7.77. The molecule has 4 aromatic rings. The van der Waals surface area contributed by atoms with E-state index < -0.39 is 18.0 Å². The van der Waals surface area contributed by atoms with Crippen molar-refractivity contribution in [1.82, 2.24) is 0 Å². The van der Waals surface area contributed by atoms with Crippen molar-refractivity contribution in [2.45, 2.75) is 9.75 Å². The molecular weight excluding hydrogens is 486 g/mol. The molecule has 6 heteroatoms. The first-order valence-corrected chi connectivity index (χ1v) is 12.9. The average molecular weight is 511 g/mol. The van der Waals surface area contributed by atoms with Gasteiger partial charge < -0.3 is 9.05 Å². The van der Waals surface area contributed by atoms with Crippen LogP contribution in [0.5, 0.6) is 0 Å². The molecule has 0 radical (unpaired) electrons. The van der Waals surface area contributed by atoms with E-state index in [0.29, 0.717) is 0 Å². The van der Waals surface area contributed by atoms with E-state index >= 15 is 0 Å². The van der Waals surface area contributed by atoms with Crippen LogP contribution < -0.4 is 0 Å². The summed E-state index contributed by atoms with van der Waals surface area (Å²) in [5, 5.41) is 0. The van der Waals surface area contributed by atoms with Gasteiger partial charge in [-0.1, -0.05) is 121 Å². The maximum absolute atomic E-state index is 12.9. The van der Waals surface area contributed by atoms with E-state index in [1.165, 1.54) is 0 Å². The zero-order valence-corrected chi connectivity index (χ0v) is 21.0. The van der Waals surface area contributed by atoms with E-state index in [1.807, 2.05) is 121 Å². The van der Waals surface area contributed by atoms with Crippen LogP contribution in [0.4, 0.5) is 0 Å². The van der Waals surface area contributed by atoms with Crippen LogP contribution in [0.25, 0.3) is 0 Å². The molecule has 0 aliphatic rings. The molecule has 4 aromatic carbocycles. The summed E-state index contributed by atoms with van der Waals surface area (Å²) in [6.45, 7) is -0.0430. The van der Waals surface area contributed by atoms with Gasteiger partial charge in [-0.3, -0.25) is 4.57 Å². The van der Waals surface area contributed by atoms with Gasteiger partial charge >= 0.3 is 8.25 Å². The maximum atomic E-state index is 12.9. The first-order chi connectivity index (χ1) is 16.5. The molecule has 174 valence electrons. The Morgan fingerprint density at radius 3 is 0.971 bits per heavy atom. The van der Waals surface area contributed by atoms with E-state index in [0.717, 1.165) is 22.3 Å². The summed E-state index contributed by atoms with van der Waals surface area (Å²) in [4.78, 5) is -2.02. The average Bonchev–Trinajstić information content (AvgIpc) is 2.92. The molecule has 0 saturated heterocycles. The fourth-order valence-electron chi connectivity index (χ4n) is 3.83. The van der Waals surface area contributed by atoms with Crippen LogP contribution in [0.15, 0.2) is 121 Å². The monoisotopic (exact) mass is 510 g/mol. The molecule has 0 unspecified atom stereocenters. The van der Waals surface area contributed by atoms with Crippen molar-refractivity contribution < 1.29 is 13.6 Å². The summed E-state index contributed by atoms with van der Waals surface area (Å²) in [6, 6.07) is 38.4.